The summed E-state index contributed by atoms with van der Waals surface area (Å²) < 4.78 is 28.4. The molecule has 2 rings (SSSR count). The number of imidazole rings is 1. The fourth-order valence-electron chi connectivity index (χ4n) is 1.71. The summed E-state index contributed by atoms with van der Waals surface area (Å²) in [4.78, 5) is 3.84. The Kier molecular flexibility index (Phi) is 3.19. The van der Waals surface area contributed by atoms with Crippen molar-refractivity contribution in [2.24, 2.45) is 7.05 Å². The summed E-state index contributed by atoms with van der Waals surface area (Å²) in [5, 5.41) is 9.90. The number of halogens is 2. The molecule has 0 amide bonds. The molecule has 1 aromatic heterocycles. The molecule has 90 valence electrons. The van der Waals surface area contributed by atoms with E-state index in [2.05, 4.69) is 4.98 Å². The highest BCUT2D eigenvalue weighted by atomic mass is 19.1. The number of aromatic nitrogens is 2. The number of hydrogen-bond acceptors (Lipinski definition) is 2. The number of hydrogen-bond donors (Lipinski definition) is 1. The Balaban J connectivity index is 2.25. The molecule has 0 bridgehead atoms. The number of aliphatic hydroxyl groups excluding tert-OH is 1. The Morgan fingerprint density at radius 2 is 2.00 bits per heavy atom. The maximum absolute atomic E-state index is 13.4. The van der Waals surface area contributed by atoms with Crippen LogP contribution in [0.3, 0.4) is 0 Å². The molecule has 0 aliphatic rings. The first-order chi connectivity index (χ1) is 8.09. The summed E-state index contributed by atoms with van der Waals surface area (Å²) in [6.45, 7) is 0. The molecule has 0 aliphatic heterocycles. The van der Waals surface area contributed by atoms with Gasteiger partial charge >= 0.3 is 0 Å². The van der Waals surface area contributed by atoms with Crippen molar-refractivity contribution in [3.05, 3.63) is 53.6 Å². The summed E-state index contributed by atoms with van der Waals surface area (Å²) in [6, 6.07) is 3.65. The van der Waals surface area contributed by atoms with Crippen LogP contribution >= 0.6 is 0 Å². The molecule has 1 heterocycles. The van der Waals surface area contributed by atoms with E-state index in [0.717, 1.165) is 0 Å². The van der Waals surface area contributed by atoms with Crippen LogP contribution in [0.4, 0.5) is 8.78 Å². The highest BCUT2D eigenvalue weighted by molar-refractivity contribution is 5.21. The van der Waals surface area contributed by atoms with Gasteiger partial charge in [0.1, 0.15) is 11.6 Å². The fourth-order valence-corrected chi connectivity index (χ4v) is 1.71. The second-order valence-electron chi connectivity index (χ2n) is 3.85. The molecule has 1 unspecified atom stereocenters. The molecule has 0 saturated heterocycles. The van der Waals surface area contributed by atoms with Crippen molar-refractivity contribution in [2.45, 2.75) is 12.5 Å². The average Bonchev–Trinajstić information content (AvgIpc) is 2.70. The summed E-state index contributed by atoms with van der Waals surface area (Å²) in [5.41, 5.74) is 0.411. The molecular weight excluding hydrogens is 226 g/mol. The lowest BCUT2D eigenvalue weighted by Gasteiger charge is -2.12. The van der Waals surface area contributed by atoms with Gasteiger partial charge in [-0.15, -0.1) is 0 Å². The largest absolute Gasteiger partial charge is 0.386 e. The summed E-state index contributed by atoms with van der Waals surface area (Å²) in [6.07, 6.45) is 1.91. The van der Waals surface area contributed by atoms with Gasteiger partial charge in [-0.3, -0.25) is 0 Å². The Morgan fingerprint density at radius 3 is 2.53 bits per heavy atom. The van der Waals surface area contributed by atoms with Gasteiger partial charge in [0.15, 0.2) is 0 Å². The number of aliphatic hydroxyl groups is 1. The Labute approximate surface area is 97.3 Å². The van der Waals surface area contributed by atoms with E-state index in [9.17, 15) is 13.9 Å². The number of rotatable bonds is 3. The lowest BCUT2D eigenvalue weighted by molar-refractivity contribution is 0.167. The zero-order chi connectivity index (χ0) is 12.4. The minimum absolute atomic E-state index is 0.110. The van der Waals surface area contributed by atoms with Crippen LogP contribution in [0.5, 0.6) is 0 Å². The summed E-state index contributed by atoms with van der Waals surface area (Å²) in [5.74, 6) is -1.29. The van der Waals surface area contributed by atoms with Crippen LogP contribution in [0.15, 0.2) is 30.7 Å². The number of aryl methyl sites for hydroxylation is 1. The molecule has 0 aliphatic carbocycles. The zero-order valence-electron chi connectivity index (χ0n) is 9.27. The highest BCUT2D eigenvalue weighted by Crippen LogP contribution is 2.21. The van der Waals surface area contributed by atoms with Gasteiger partial charge < -0.3 is 9.67 Å². The molecule has 0 fully saturated rings. The normalized spacial score (nSPS) is 12.7. The monoisotopic (exact) mass is 238 g/mol. The maximum atomic E-state index is 13.4. The van der Waals surface area contributed by atoms with Gasteiger partial charge in [-0.2, -0.15) is 0 Å². The molecular formula is C12H12F2N2O. The predicted molar refractivity (Wildman–Crippen MR) is 58.2 cm³/mol. The van der Waals surface area contributed by atoms with Gasteiger partial charge in [0, 0.05) is 19.0 Å². The highest BCUT2D eigenvalue weighted by Gasteiger charge is 2.17. The van der Waals surface area contributed by atoms with Crippen molar-refractivity contribution in [1.29, 1.82) is 0 Å². The zero-order valence-corrected chi connectivity index (χ0v) is 9.27. The molecule has 1 aromatic carbocycles. The molecule has 2 aromatic rings. The average molecular weight is 238 g/mol. The van der Waals surface area contributed by atoms with Crippen molar-refractivity contribution in [3.63, 3.8) is 0 Å². The molecule has 0 radical (unpaired) electrons. The van der Waals surface area contributed by atoms with Crippen LogP contribution in [-0.2, 0) is 13.5 Å². The SMILES string of the molecule is Cn1cncc1C(O)Cc1c(F)cccc1F. The summed E-state index contributed by atoms with van der Waals surface area (Å²) in [7, 11) is 1.71. The van der Waals surface area contributed by atoms with Gasteiger partial charge in [0.25, 0.3) is 0 Å². The van der Waals surface area contributed by atoms with Crippen LogP contribution in [-0.4, -0.2) is 14.7 Å². The molecule has 0 saturated carbocycles. The van der Waals surface area contributed by atoms with Crippen molar-refractivity contribution in [3.8, 4) is 0 Å². The first-order valence-electron chi connectivity index (χ1n) is 5.16. The fraction of sp³-hybridized carbons (Fsp3) is 0.250. The molecule has 1 N–H and O–H groups in total. The van der Waals surface area contributed by atoms with Crippen LogP contribution in [0.1, 0.15) is 17.4 Å². The number of benzene rings is 1. The first kappa shape index (κ1) is 11.7. The standard InChI is InChI=1S/C12H12F2N2O/c1-16-7-15-6-11(16)12(17)5-8-9(13)3-2-4-10(8)14/h2-4,6-7,12,17H,5H2,1H3. The van der Waals surface area contributed by atoms with Crippen molar-refractivity contribution < 1.29 is 13.9 Å². The minimum atomic E-state index is -0.978. The Bertz CT molecular complexity index is 505. The topological polar surface area (TPSA) is 38.0 Å². The third kappa shape index (κ3) is 2.34. The van der Waals surface area contributed by atoms with E-state index in [0.29, 0.717) is 5.69 Å². The summed E-state index contributed by atoms with van der Waals surface area (Å²) >= 11 is 0. The Morgan fingerprint density at radius 1 is 1.35 bits per heavy atom. The molecule has 5 heteroatoms. The third-order valence-corrected chi connectivity index (χ3v) is 2.65. The quantitative estimate of drug-likeness (QED) is 0.887. The van der Waals surface area contributed by atoms with Crippen molar-refractivity contribution >= 4 is 0 Å². The predicted octanol–water partition coefficient (Wildman–Crippen LogP) is 1.97. The van der Waals surface area contributed by atoms with Crippen LogP contribution in [0.2, 0.25) is 0 Å². The van der Waals surface area contributed by atoms with E-state index >= 15 is 0 Å². The Hall–Kier alpha value is -1.75. The molecule has 17 heavy (non-hydrogen) atoms. The van der Waals surface area contributed by atoms with E-state index in [1.165, 1.54) is 30.7 Å². The van der Waals surface area contributed by atoms with Gasteiger partial charge in [0.05, 0.1) is 24.3 Å². The molecule has 1 atom stereocenters. The van der Waals surface area contributed by atoms with Crippen molar-refractivity contribution in [2.75, 3.05) is 0 Å². The lowest BCUT2D eigenvalue weighted by atomic mass is 10.0. The van der Waals surface area contributed by atoms with Crippen molar-refractivity contribution in [1.82, 2.24) is 9.55 Å². The van der Waals surface area contributed by atoms with E-state index < -0.39 is 17.7 Å². The van der Waals surface area contributed by atoms with E-state index in [1.54, 1.807) is 11.6 Å². The molecule has 3 nitrogen and oxygen atoms in total. The lowest BCUT2D eigenvalue weighted by Crippen LogP contribution is -2.09. The third-order valence-electron chi connectivity index (χ3n) is 2.65. The van der Waals surface area contributed by atoms with E-state index in [4.69, 9.17) is 0 Å². The van der Waals surface area contributed by atoms with Gasteiger partial charge in [0.2, 0.25) is 0 Å². The van der Waals surface area contributed by atoms with Crippen LogP contribution in [0.25, 0.3) is 0 Å². The molecule has 0 spiro atoms. The van der Waals surface area contributed by atoms with Gasteiger partial charge in [-0.25, -0.2) is 13.8 Å². The van der Waals surface area contributed by atoms with Crippen LogP contribution in [0, 0.1) is 11.6 Å². The van der Waals surface area contributed by atoms with Crippen LogP contribution < -0.4 is 0 Å². The second-order valence-corrected chi connectivity index (χ2v) is 3.85. The number of nitrogens with zero attached hydrogens (tertiary/aromatic N) is 2. The minimum Gasteiger partial charge on any atom is -0.386 e. The first-order valence-corrected chi connectivity index (χ1v) is 5.16. The van der Waals surface area contributed by atoms with E-state index in [1.807, 2.05) is 0 Å². The van der Waals surface area contributed by atoms with Gasteiger partial charge in [-0.1, -0.05) is 6.07 Å². The second kappa shape index (κ2) is 4.63. The maximum Gasteiger partial charge on any atom is 0.129 e. The van der Waals surface area contributed by atoms with Gasteiger partial charge in [-0.05, 0) is 12.1 Å². The smallest absolute Gasteiger partial charge is 0.129 e. The van der Waals surface area contributed by atoms with E-state index in [-0.39, 0.29) is 12.0 Å².